The molecule has 0 saturated carbocycles. The quantitative estimate of drug-likeness (QED) is 0.434. The third kappa shape index (κ3) is 4.43. The van der Waals surface area contributed by atoms with Crippen LogP contribution < -0.4 is 20.9 Å². The van der Waals surface area contributed by atoms with Crippen molar-refractivity contribution >= 4 is 29.3 Å². The summed E-state index contributed by atoms with van der Waals surface area (Å²) in [5.41, 5.74) is 14.7. The second-order valence-electron chi connectivity index (χ2n) is 7.35. The number of fused-ring (bicyclic) bond motifs is 1. The van der Waals surface area contributed by atoms with Gasteiger partial charge in [-0.2, -0.15) is 0 Å². The SMILES string of the molecule is COc1cc2c(cc1OC)[C@@H](c1ccccc1)N(C(=O)CSc1nc(N)cc(N)n1)CC2. The molecule has 9 heteroatoms. The lowest BCUT2D eigenvalue weighted by atomic mass is 9.87. The zero-order valence-electron chi connectivity index (χ0n) is 17.9. The van der Waals surface area contributed by atoms with E-state index in [1.165, 1.54) is 17.8 Å². The number of methoxy groups -OCH3 is 2. The maximum absolute atomic E-state index is 13.3. The molecule has 4 rings (SSSR count). The van der Waals surface area contributed by atoms with E-state index in [0.29, 0.717) is 23.2 Å². The van der Waals surface area contributed by atoms with Gasteiger partial charge in [0.2, 0.25) is 5.91 Å². The Kier molecular flexibility index (Phi) is 6.36. The summed E-state index contributed by atoms with van der Waals surface area (Å²) in [6.07, 6.45) is 0.719. The van der Waals surface area contributed by atoms with E-state index < -0.39 is 0 Å². The van der Waals surface area contributed by atoms with E-state index in [-0.39, 0.29) is 29.3 Å². The predicted octanol–water partition coefficient (Wildman–Crippen LogP) is 2.92. The Hall–Kier alpha value is -3.46. The summed E-state index contributed by atoms with van der Waals surface area (Å²) in [5.74, 6) is 2.04. The molecule has 0 unspecified atom stereocenters. The maximum atomic E-state index is 13.3. The predicted molar refractivity (Wildman–Crippen MR) is 125 cm³/mol. The van der Waals surface area contributed by atoms with Gasteiger partial charge < -0.3 is 25.8 Å². The number of carbonyl (C=O) groups excluding carboxylic acids is 1. The minimum atomic E-state index is -0.236. The first-order valence-corrected chi connectivity index (χ1v) is 11.1. The minimum absolute atomic E-state index is 0.0196. The highest BCUT2D eigenvalue weighted by atomic mass is 32.2. The fourth-order valence-corrected chi connectivity index (χ4v) is 4.70. The van der Waals surface area contributed by atoms with Gasteiger partial charge >= 0.3 is 0 Å². The number of aromatic nitrogens is 2. The van der Waals surface area contributed by atoms with Crippen LogP contribution in [0.3, 0.4) is 0 Å². The Morgan fingerprint density at radius 2 is 1.72 bits per heavy atom. The summed E-state index contributed by atoms with van der Waals surface area (Å²) < 4.78 is 11.0. The van der Waals surface area contributed by atoms with Crippen molar-refractivity contribution in [2.75, 3.05) is 38.0 Å². The van der Waals surface area contributed by atoms with E-state index in [9.17, 15) is 4.79 Å². The molecule has 166 valence electrons. The third-order valence-electron chi connectivity index (χ3n) is 5.38. The first-order valence-electron chi connectivity index (χ1n) is 10.1. The Morgan fingerprint density at radius 3 is 2.38 bits per heavy atom. The van der Waals surface area contributed by atoms with Crippen molar-refractivity contribution in [1.82, 2.24) is 14.9 Å². The van der Waals surface area contributed by atoms with Crippen LogP contribution in [0.25, 0.3) is 0 Å². The van der Waals surface area contributed by atoms with Crippen molar-refractivity contribution in [3.8, 4) is 11.5 Å². The summed E-state index contributed by atoms with van der Waals surface area (Å²) in [4.78, 5) is 23.5. The van der Waals surface area contributed by atoms with Gasteiger partial charge in [-0.05, 0) is 35.2 Å². The van der Waals surface area contributed by atoms with Crippen LogP contribution in [0.5, 0.6) is 11.5 Å². The molecule has 3 aromatic rings. The molecule has 2 heterocycles. The smallest absolute Gasteiger partial charge is 0.233 e. The van der Waals surface area contributed by atoms with Gasteiger partial charge in [0, 0.05) is 12.6 Å². The summed E-state index contributed by atoms with van der Waals surface area (Å²) in [5, 5.41) is 0.385. The first kappa shape index (κ1) is 21.8. The molecule has 8 nitrogen and oxygen atoms in total. The van der Waals surface area contributed by atoms with Crippen LogP contribution >= 0.6 is 11.8 Å². The number of ether oxygens (including phenoxy) is 2. The maximum Gasteiger partial charge on any atom is 0.233 e. The van der Waals surface area contributed by atoms with Gasteiger partial charge in [-0.15, -0.1) is 0 Å². The molecule has 0 spiro atoms. The van der Waals surface area contributed by atoms with Crippen LogP contribution in [0.15, 0.2) is 53.7 Å². The molecule has 1 amide bonds. The van der Waals surface area contributed by atoms with E-state index in [4.69, 9.17) is 20.9 Å². The number of carbonyl (C=O) groups is 1. The lowest BCUT2D eigenvalue weighted by molar-refractivity contribution is -0.130. The van der Waals surface area contributed by atoms with Gasteiger partial charge in [0.1, 0.15) is 11.6 Å². The molecule has 0 fully saturated rings. The lowest BCUT2D eigenvalue weighted by Gasteiger charge is -2.38. The molecule has 4 N–H and O–H groups in total. The number of nitrogens with two attached hydrogens (primary N) is 2. The molecule has 1 atom stereocenters. The second kappa shape index (κ2) is 9.35. The molecule has 0 bridgehead atoms. The summed E-state index contributed by atoms with van der Waals surface area (Å²) in [6.45, 7) is 0.585. The number of nitrogens with zero attached hydrogens (tertiary/aromatic N) is 3. The highest BCUT2D eigenvalue weighted by Crippen LogP contribution is 2.41. The number of hydrogen-bond acceptors (Lipinski definition) is 8. The normalized spacial score (nSPS) is 15.2. The Labute approximate surface area is 190 Å². The molecule has 1 aliphatic rings. The molecule has 0 radical (unpaired) electrons. The topological polar surface area (TPSA) is 117 Å². The van der Waals surface area contributed by atoms with E-state index in [1.807, 2.05) is 47.4 Å². The van der Waals surface area contributed by atoms with Gasteiger partial charge in [-0.1, -0.05) is 42.1 Å². The van der Waals surface area contributed by atoms with E-state index in [2.05, 4.69) is 9.97 Å². The summed E-state index contributed by atoms with van der Waals surface area (Å²) in [7, 11) is 3.24. The molecule has 0 saturated heterocycles. The van der Waals surface area contributed by atoms with Crippen LogP contribution in [-0.2, 0) is 11.2 Å². The fraction of sp³-hybridized carbons (Fsp3) is 0.261. The molecular formula is C23H25N5O3S. The Balaban J connectivity index is 1.66. The summed E-state index contributed by atoms with van der Waals surface area (Å²) >= 11 is 1.22. The van der Waals surface area contributed by atoms with Gasteiger partial charge in [-0.25, -0.2) is 9.97 Å². The average Bonchev–Trinajstić information content (AvgIpc) is 2.80. The Bertz CT molecular complexity index is 1110. The third-order valence-corrected chi connectivity index (χ3v) is 6.21. The minimum Gasteiger partial charge on any atom is -0.493 e. The first-order chi connectivity index (χ1) is 15.5. The molecule has 32 heavy (non-hydrogen) atoms. The van der Waals surface area contributed by atoms with Crippen LogP contribution in [0.2, 0.25) is 0 Å². The standard InChI is InChI=1S/C23H25N5O3S/c1-30-17-10-15-8-9-28(21(29)13-32-23-26-19(24)12-20(25)27-23)22(14-6-4-3-5-7-14)16(15)11-18(17)31-2/h3-7,10-12,22H,8-9,13H2,1-2H3,(H4,24,25,26,27)/t22-/m1/s1. The van der Waals surface area contributed by atoms with Gasteiger partial charge in [0.15, 0.2) is 16.7 Å². The van der Waals surface area contributed by atoms with Crippen LogP contribution in [-0.4, -0.2) is 47.3 Å². The van der Waals surface area contributed by atoms with Gasteiger partial charge in [-0.3, -0.25) is 4.79 Å². The monoisotopic (exact) mass is 451 g/mol. The van der Waals surface area contributed by atoms with Crippen LogP contribution in [0.4, 0.5) is 11.6 Å². The van der Waals surface area contributed by atoms with Crippen molar-refractivity contribution in [2.45, 2.75) is 17.6 Å². The average molecular weight is 452 g/mol. The number of thioether (sulfide) groups is 1. The van der Waals surface area contributed by atoms with Crippen molar-refractivity contribution in [1.29, 1.82) is 0 Å². The second-order valence-corrected chi connectivity index (χ2v) is 8.29. The van der Waals surface area contributed by atoms with Gasteiger partial charge in [0.25, 0.3) is 0 Å². The van der Waals surface area contributed by atoms with E-state index in [1.54, 1.807) is 14.2 Å². The van der Waals surface area contributed by atoms with Crippen LogP contribution in [0, 0.1) is 0 Å². The number of nitrogen functional groups attached to an aromatic ring is 2. The van der Waals surface area contributed by atoms with Crippen molar-refractivity contribution in [3.05, 3.63) is 65.2 Å². The van der Waals surface area contributed by atoms with E-state index in [0.717, 1.165) is 23.1 Å². The number of rotatable bonds is 6. The highest BCUT2D eigenvalue weighted by Gasteiger charge is 2.33. The largest absolute Gasteiger partial charge is 0.493 e. The number of hydrogen-bond donors (Lipinski definition) is 2. The highest BCUT2D eigenvalue weighted by molar-refractivity contribution is 7.99. The molecular weight excluding hydrogens is 426 g/mol. The number of benzene rings is 2. The number of amides is 1. The zero-order chi connectivity index (χ0) is 22.7. The van der Waals surface area contributed by atoms with Crippen molar-refractivity contribution < 1.29 is 14.3 Å². The zero-order valence-corrected chi connectivity index (χ0v) is 18.8. The lowest BCUT2D eigenvalue weighted by Crippen LogP contribution is -2.41. The Morgan fingerprint density at radius 1 is 1.06 bits per heavy atom. The molecule has 2 aromatic carbocycles. The molecule has 1 aromatic heterocycles. The van der Waals surface area contributed by atoms with Crippen molar-refractivity contribution in [3.63, 3.8) is 0 Å². The van der Waals surface area contributed by atoms with Crippen molar-refractivity contribution in [2.24, 2.45) is 0 Å². The molecule has 0 aliphatic carbocycles. The summed E-state index contributed by atoms with van der Waals surface area (Å²) in [6, 6.07) is 15.2. The molecule has 1 aliphatic heterocycles. The number of anilines is 2. The van der Waals surface area contributed by atoms with Gasteiger partial charge in [0.05, 0.1) is 26.0 Å². The van der Waals surface area contributed by atoms with Crippen LogP contribution in [0.1, 0.15) is 22.7 Å². The van der Waals surface area contributed by atoms with E-state index >= 15 is 0 Å². The fourth-order valence-electron chi connectivity index (χ4n) is 3.94.